The van der Waals surface area contributed by atoms with Gasteiger partial charge in [0.05, 0.1) is 21.2 Å². The summed E-state index contributed by atoms with van der Waals surface area (Å²) in [6.45, 7) is 1.56. The van der Waals surface area contributed by atoms with Gasteiger partial charge in [-0.25, -0.2) is 0 Å². The number of carbonyl (C=O) groups is 1. The minimum atomic E-state index is -0.347. The van der Waals surface area contributed by atoms with Crippen molar-refractivity contribution < 1.29 is 9.72 Å². The smallest absolute Gasteiger partial charge is 0.282 e. The molecule has 0 saturated heterocycles. The molecule has 3 aromatic rings. The molecule has 0 unspecified atom stereocenters. The molecule has 1 fully saturated rings. The molecule has 1 heterocycles. The molecule has 0 bridgehead atoms. The van der Waals surface area contributed by atoms with Crippen LogP contribution in [0.3, 0.4) is 0 Å². The number of nitrogens with one attached hydrogen (secondary N) is 1. The van der Waals surface area contributed by atoms with E-state index in [1.807, 2.05) is 48.5 Å². The molecule has 5 nitrogen and oxygen atoms in total. The minimum absolute atomic E-state index is 0.00170. The molecule has 1 aliphatic heterocycles. The normalized spacial score (nSPS) is 25.2. The van der Waals surface area contributed by atoms with E-state index in [1.54, 1.807) is 19.1 Å². The van der Waals surface area contributed by atoms with E-state index in [-0.39, 0.29) is 44.9 Å². The fourth-order valence-corrected chi connectivity index (χ4v) is 7.28. The van der Waals surface area contributed by atoms with Crippen molar-refractivity contribution in [3.8, 4) is 0 Å². The fourth-order valence-electron chi connectivity index (χ4n) is 5.21. The second-order valence-electron chi connectivity index (χ2n) is 8.78. The van der Waals surface area contributed by atoms with Crippen molar-refractivity contribution in [2.45, 2.75) is 40.8 Å². The Morgan fingerprint density at radius 1 is 1.12 bits per heavy atom. The van der Waals surface area contributed by atoms with Gasteiger partial charge in [-0.1, -0.05) is 35.9 Å². The zero-order chi connectivity index (χ0) is 24.0. The molecule has 8 heteroatoms. The number of nitrogens with zero attached hydrogens (tertiary/aromatic N) is 1. The molecule has 1 saturated carbocycles. The van der Waals surface area contributed by atoms with Crippen molar-refractivity contribution in [3.05, 3.63) is 98.6 Å². The van der Waals surface area contributed by atoms with Crippen molar-refractivity contribution in [1.29, 1.82) is 0 Å². The Balaban J connectivity index is 1.55. The quantitative estimate of drug-likeness (QED) is 0.166. The first kappa shape index (κ1) is 23.2. The van der Waals surface area contributed by atoms with Crippen molar-refractivity contribution in [1.82, 2.24) is 0 Å². The van der Waals surface area contributed by atoms with Crippen LogP contribution >= 0.6 is 35.0 Å². The third kappa shape index (κ3) is 4.19. The number of nitro groups is 1. The number of hydrogen-bond donors (Lipinski definition) is 1. The maximum Gasteiger partial charge on any atom is 0.282 e. The van der Waals surface area contributed by atoms with Gasteiger partial charge in [0, 0.05) is 33.5 Å². The van der Waals surface area contributed by atoms with Crippen molar-refractivity contribution in [3.63, 3.8) is 0 Å². The summed E-state index contributed by atoms with van der Waals surface area (Å²) in [7, 11) is 0. The number of thioether (sulfide) groups is 1. The standard InChI is InChI=1S/C26H22Cl2N2O3S/c1-14(31)16-8-11-20-18(12-16)24-19(26(29-20)15-6-9-17(27)10-7-15)13-23(25(24)28)34-22-5-3-2-4-21(22)30(32)33/h2-12,19,23-26,29H,13H2,1H3/t19-,23+,24-,25+,26+/m1/s1. The SMILES string of the molecule is CC(=O)c1ccc2c(c1)[C@H]1[C@@H](Cl)[C@@H](Sc3ccccc3[N+](=O)[O-])C[C@H]1[C@H](c1ccc(Cl)cc1)N2. The van der Waals surface area contributed by atoms with E-state index >= 15 is 0 Å². The molecule has 5 atom stereocenters. The third-order valence-corrected chi connectivity index (χ3v) is 9.15. The lowest BCUT2D eigenvalue weighted by molar-refractivity contribution is -0.387. The number of benzene rings is 3. The summed E-state index contributed by atoms with van der Waals surface area (Å²) in [4.78, 5) is 23.9. The van der Waals surface area contributed by atoms with Crippen LogP contribution < -0.4 is 5.32 Å². The number of halogens is 2. The molecule has 1 aliphatic carbocycles. The Morgan fingerprint density at radius 2 is 1.85 bits per heavy atom. The van der Waals surface area contributed by atoms with Crippen LogP contribution in [0, 0.1) is 16.0 Å². The first-order chi connectivity index (χ1) is 16.3. The van der Waals surface area contributed by atoms with Crippen LogP contribution in [0.25, 0.3) is 0 Å². The van der Waals surface area contributed by atoms with Crippen molar-refractivity contribution in [2.75, 3.05) is 5.32 Å². The Labute approximate surface area is 212 Å². The lowest BCUT2D eigenvalue weighted by Crippen LogP contribution is -2.31. The summed E-state index contributed by atoms with van der Waals surface area (Å²) in [5.74, 6) is 0.158. The molecule has 34 heavy (non-hydrogen) atoms. The minimum Gasteiger partial charge on any atom is -0.378 e. The highest BCUT2D eigenvalue weighted by Gasteiger charge is 2.50. The molecule has 0 spiro atoms. The number of nitro benzene ring substituents is 1. The van der Waals surface area contributed by atoms with Gasteiger partial charge in [0.15, 0.2) is 5.78 Å². The lowest BCUT2D eigenvalue weighted by Gasteiger charge is -2.38. The number of alkyl halides is 1. The van der Waals surface area contributed by atoms with Gasteiger partial charge in [0.25, 0.3) is 5.69 Å². The number of rotatable bonds is 5. The molecule has 2 aliphatic rings. The Morgan fingerprint density at radius 3 is 2.56 bits per heavy atom. The average Bonchev–Trinajstić information content (AvgIpc) is 3.15. The van der Waals surface area contributed by atoms with E-state index < -0.39 is 0 Å². The highest BCUT2D eigenvalue weighted by molar-refractivity contribution is 8.00. The number of anilines is 1. The van der Waals surface area contributed by atoms with Gasteiger partial charge < -0.3 is 5.32 Å². The van der Waals surface area contributed by atoms with Crippen LogP contribution in [-0.2, 0) is 0 Å². The van der Waals surface area contributed by atoms with Crippen molar-refractivity contribution in [2.24, 2.45) is 5.92 Å². The fraction of sp³-hybridized carbons (Fsp3) is 0.269. The second kappa shape index (κ2) is 9.25. The van der Waals surface area contributed by atoms with Crippen LogP contribution in [-0.4, -0.2) is 21.3 Å². The Bertz CT molecular complexity index is 1270. The summed E-state index contributed by atoms with van der Waals surface area (Å²) < 4.78 is 0. The van der Waals surface area contributed by atoms with Gasteiger partial charge in [-0.2, -0.15) is 0 Å². The van der Waals surface area contributed by atoms with Crippen molar-refractivity contribution >= 4 is 52.1 Å². The van der Waals surface area contributed by atoms with E-state index in [4.69, 9.17) is 23.2 Å². The molecule has 1 N–H and O–H groups in total. The Hall–Kier alpha value is -2.54. The lowest BCUT2D eigenvalue weighted by atomic mass is 9.76. The molecular formula is C26H22Cl2N2O3S. The van der Waals surface area contributed by atoms with Crippen LogP contribution in [0.5, 0.6) is 0 Å². The number of hydrogen-bond acceptors (Lipinski definition) is 5. The molecule has 0 radical (unpaired) electrons. The second-order valence-corrected chi connectivity index (χ2v) is 11.0. The zero-order valence-electron chi connectivity index (χ0n) is 18.3. The van der Waals surface area contributed by atoms with Crippen LogP contribution in [0.4, 0.5) is 11.4 Å². The molecule has 3 aromatic carbocycles. The first-order valence-electron chi connectivity index (χ1n) is 11.0. The monoisotopic (exact) mass is 512 g/mol. The summed E-state index contributed by atoms with van der Waals surface area (Å²) in [5.41, 5.74) is 3.86. The Kier molecular flexibility index (Phi) is 6.32. The highest BCUT2D eigenvalue weighted by atomic mass is 35.5. The number of ketones is 1. The predicted octanol–water partition coefficient (Wildman–Crippen LogP) is 7.49. The number of fused-ring (bicyclic) bond motifs is 3. The number of carbonyl (C=O) groups excluding carboxylic acids is 1. The zero-order valence-corrected chi connectivity index (χ0v) is 20.6. The van der Waals surface area contributed by atoms with E-state index in [9.17, 15) is 14.9 Å². The molecule has 5 rings (SSSR count). The van der Waals surface area contributed by atoms with Gasteiger partial charge in [-0.3, -0.25) is 14.9 Å². The van der Waals surface area contributed by atoms with Gasteiger partial charge >= 0.3 is 0 Å². The van der Waals surface area contributed by atoms with E-state index in [0.29, 0.717) is 15.5 Å². The van der Waals surface area contributed by atoms with E-state index in [0.717, 1.165) is 23.2 Å². The van der Waals surface area contributed by atoms with E-state index in [1.165, 1.54) is 17.8 Å². The summed E-state index contributed by atoms with van der Waals surface area (Å²) in [5, 5.41) is 15.6. The topological polar surface area (TPSA) is 72.2 Å². The van der Waals surface area contributed by atoms with Gasteiger partial charge in [-0.15, -0.1) is 23.4 Å². The third-order valence-electron chi connectivity index (χ3n) is 6.79. The van der Waals surface area contributed by atoms with Gasteiger partial charge in [0.2, 0.25) is 0 Å². The van der Waals surface area contributed by atoms with Crippen LogP contribution in [0.2, 0.25) is 5.02 Å². The molecule has 0 aromatic heterocycles. The van der Waals surface area contributed by atoms with E-state index in [2.05, 4.69) is 5.32 Å². The summed E-state index contributed by atoms with van der Waals surface area (Å²) in [6, 6.07) is 20.4. The van der Waals surface area contributed by atoms with Gasteiger partial charge in [0.1, 0.15) is 0 Å². The molecule has 174 valence electrons. The van der Waals surface area contributed by atoms with Gasteiger partial charge in [-0.05, 0) is 66.8 Å². The molecule has 0 amide bonds. The summed E-state index contributed by atoms with van der Waals surface area (Å²) >= 11 is 14.8. The average molecular weight is 513 g/mol. The van der Waals surface area contributed by atoms with Crippen LogP contribution in [0.1, 0.15) is 46.8 Å². The van der Waals surface area contributed by atoms with Crippen LogP contribution in [0.15, 0.2) is 71.6 Å². The largest absolute Gasteiger partial charge is 0.378 e. The maximum atomic E-state index is 12.1. The molecular weight excluding hydrogens is 491 g/mol. The number of para-hydroxylation sites is 1. The highest BCUT2D eigenvalue weighted by Crippen LogP contribution is 2.58. The maximum absolute atomic E-state index is 12.1. The first-order valence-corrected chi connectivity index (χ1v) is 12.7. The summed E-state index contributed by atoms with van der Waals surface area (Å²) in [6.07, 6.45) is 0.777. The number of Topliss-reactive ketones (excluding diaryl/α,β-unsaturated/α-hetero) is 1. The predicted molar refractivity (Wildman–Crippen MR) is 137 cm³/mol.